The van der Waals surface area contributed by atoms with Crippen LogP contribution in [0.2, 0.25) is 0 Å². The molecule has 0 aliphatic rings. The molecule has 0 radical (unpaired) electrons. The number of nitrogens with two attached hydrogens (primary N) is 2. The first-order valence-electron chi connectivity index (χ1n) is 22.9. The maximum atomic E-state index is 13.9. The number of rotatable bonds is 34. The molecule has 0 aliphatic heterocycles. The van der Waals surface area contributed by atoms with Gasteiger partial charge in [-0.3, -0.25) is 52.9 Å². The number of nitrogens with one attached hydrogen (secondary N) is 5. The van der Waals surface area contributed by atoms with Crippen LogP contribution >= 0.6 is 12.6 Å². The number of ketones is 3. The van der Waals surface area contributed by atoms with Crippen molar-refractivity contribution in [3.05, 3.63) is 52.1 Å². The molecule has 3 amide bonds. The fourth-order valence-corrected chi connectivity index (χ4v) is 7.44. The lowest BCUT2D eigenvalue weighted by atomic mass is 9.86. The van der Waals surface area contributed by atoms with E-state index in [0.29, 0.717) is 11.4 Å². The predicted molar refractivity (Wildman–Crippen MR) is 260 cm³/mol. The van der Waals surface area contributed by atoms with E-state index < -0.39 is 189 Å². The Balaban J connectivity index is 1.76. The number of carboxylic acids is 3. The summed E-state index contributed by atoms with van der Waals surface area (Å²) in [4.78, 5) is 142. The number of nitrogen functional groups attached to an aromatic ring is 1. The van der Waals surface area contributed by atoms with Crippen LogP contribution in [-0.2, 0) is 44.9 Å². The number of H-pyrrole nitrogens is 1. The van der Waals surface area contributed by atoms with Crippen LogP contribution in [0.25, 0.3) is 11.2 Å². The van der Waals surface area contributed by atoms with Crippen molar-refractivity contribution in [3.63, 3.8) is 0 Å². The van der Waals surface area contributed by atoms with Crippen molar-refractivity contribution in [2.24, 2.45) is 23.5 Å². The number of aromatic nitrogens is 4. The molecule has 0 fully saturated rings. The second kappa shape index (κ2) is 29.8. The monoisotopic (exact) mass is 1100 g/mol. The zero-order valence-electron chi connectivity index (χ0n) is 40.0. The van der Waals surface area contributed by atoms with Gasteiger partial charge in [0, 0.05) is 49.2 Å². The highest BCUT2D eigenvalue weighted by Crippen LogP contribution is 2.22. The van der Waals surface area contributed by atoms with Crippen molar-refractivity contribution < 1.29 is 99.3 Å². The summed E-state index contributed by atoms with van der Waals surface area (Å²) in [5, 5.41) is 120. The number of aliphatic carboxylic acids is 3. The molecule has 3 aromatic rings. The molecule has 76 heavy (non-hydrogen) atoms. The predicted octanol–water partition coefficient (Wildman–Crippen LogP) is -6.84. The van der Waals surface area contributed by atoms with Crippen LogP contribution in [-0.4, -0.2) is 209 Å². The van der Waals surface area contributed by atoms with Crippen molar-refractivity contribution in [3.8, 4) is 0 Å². The summed E-state index contributed by atoms with van der Waals surface area (Å²) in [6.07, 6.45) is -18.1. The SMILES string of the molecule is Nc1nc2ncc(CNc3ccc(C(=O)C[C@H](CCC(=O)N[C@H](C(=O)CC(C(=O)NC[C@H](N)C(=O)N[C@@H](CC(=O)O)C(=O)C[C@@H](CS)C(=O)O)C(O)[C@H](O)[C@H](O)CO)[C@@H](O)[C@H](O)[C@H](O)CO)C(=O)O)cc3)nc2c(=O)[nH]1. The van der Waals surface area contributed by atoms with Crippen LogP contribution in [0.5, 0.6) is 0 Å². The van der Waals surface area contributed by atoms with Gasteiger partial charge in [0.1, 0.15) is 42.6 Å². The number of nitrogens with zero attached hydrogens (tertiary/aromatic N) is 3. The maximum absolute atomic E-state index is 13.9. The van der Waals surface area contributed by atoms with Crippen molar-refractivity contribution in [2.75, 3.05) is 36.6 Å². The van der Waals surface area contributed by atoms with E-state index in [1.165, 1.54) is 30.5 Å². The first-order valence-corrected chi connectivity index (χ1v) is 23.5. The number of fused-ring (bicyclic) bond motifs is 1. The summed E-state index contributed by atoms with van der Waals surface area (Å²) in [7, 11) is 0. The number of amides is 3. The number of aliphatic hydroxyl groups excluding tert-OH is 8. The van der Waals surface area contributed by atoms with Crippen LogP contribution in [0.1, 0.15) is 54.6 Å². The number of hydrogen-bond donors (Lipinski definition) is 19. The zero-order valence-corrected chi connectivity index (χ0v) is 40.9. The normalized spacial score (nSPS) is 16.2. The minimum absolute atomic E-state index is 0.0311. The van der Waals surface area contributed by atoms with Gasteiger partial charge in [0.15, 0.2) is 28.5 Å². The summed E-state index contributed by atoms with van der Waals surface area (Å²) in [6.45, 7) is -3.30. The number of carbonyl (C=O) groups excluding carboxylic acids is 6. The van der Waals surface area contributed by atoms with E-state index in [0.717, 1.165) is 0 Å². The molecule has 0 bridgehead atoms. The number of carboxylic acid groups (broad SMARTS) is 3. The molecule has 20 N–H and O–H groups in total. The number of carbonyl (C=O) groups is 9. The van der Waals surface area contributed by atoms with Gasteiger partial charge in [-0.25, -0.2) is 9.97 Å². The van der Waals surface area contributed by atoms with Gasteiger partial charge < -0.3 is 88.9 Å². The molecular formula is C44H60N10O21S. The summed E-state index contributed by atoms with van der Waals surface area (Å²) in [5.41, 5.74) is 11.6. The van der Waals surface area contributed by atoms with Gasteiger partial charge in [-0.15, -0.1) is 0 Å². The summed E-state index contributed by atoms with van der Waals surface area (Å²) in [5.74, 6) is -17.4. The van der Waals surface area contributed by atoms with Gasteiger partial charge >= 0.3 is 17.9 Å². The van der Waals surface area contributed by atoms with Crippen molar-refractivity contribution in [1.29, 1.82) is 0 Å². The van der Waals surface area contributed by atoms with E-state index in [4.69, 9.17) is 11.5 Å². The maximum Gasteiger partial charge on any atom is 0.307 e. The second-order valence-corrected chi connectivity index (χ2v) is 17.7. The number of aromatic amines is 1. The highest BCUT2D eigenvalue weighted by atomic mass is 32.1. The van der Waals surface area contributed by atoms with Gasteiger partial charge in [0.2, 0.25) is 23.7 Å². The molecule has 1 aromatic carbocycles. The Morgan fingerprint density at radius 3 is 1.89 bits per heavy atom. The van der Waals surface area contributed by atoms with Crippen LogP contribution in [0, 0.1) is 17.8 Å². The fraction of sp³-hybridized carbons (Fsp3) is 0.523. The molecule has 2 aromatic heterocycles. The quantitative estimate of drug-likeness (QED) is 0.0195. The van der Waals surface area contributed by atoms with Crippen molar-refractivity contribution >= 4 is 88.4 Å². The largest absolute Gasteiger partial charge is 0.481 e. The van der Waals surface area contributed by atoms with Crippen LogP contribution < -0.4 is 38.3 Å². The lowest BCUT2D eigenvalue weighted by molar-refractivity contribution is -0.147. The highest BCUT2D eigenvalue weighted by molar-refractivity contribution is 7.80. The number of Topliss-reactive ketones (excluding diaryl/α,β-unsaturated/α-hetero) is 3. The van der Waals surface area contributed by atoms with E-state index in [1.54, 1.807) is 0 Å². The average molecular weight is 1100 g/mol. The number of thiol groups is 1. The first-order chi connectivity index (χ1) is 35.7. The summed E-state index contributed by atoms with van der Waals surface area (Å²) >= 11 is 3.84. The molecule has 0 aliphatic carbocycles. The Labute approximate surface area is 434 Å². The molecule has 2 unspecified atom stereocenters. The van der Waals surface area contributed by atoms with E-state index >= 15 is 0 Å². The van der Waals surface area contributed by atoms with Crippen molar-refractivity contribution in [1.82, 2.24) is 35.9 Å². The third-order valence-electron chi connectivity index (χ3n) is 11.6. The molecule has 0 spiro atoms. The van der Waals surface area contributed by atoms with Crippen LogP contribution in [0.4, 0.5) is 11.6 Å². The minimum atomic E-state index is -2.54. The molecule has 31 nitrogen and oxygen atoms in total. The van der Waals surface area contributed by atoms with E-state index in [1.807, 2.05) is 10.6 Å². The summed E-state index contributed by atoms with van der Waals surface area (Å²) < 4.78 is 0. The lowest BCUT2D eigenvalue weighted by Gasteiger charge is -2.32. The minimum Gasteiger partial charge on any atom is -0.481 e. The Morgan fingerprint density at radius 1 is 0.724 bits per heavy atom. The van der Waals surface area contributed by atoms with Crippen LogP contribution in [0.15, 0.2) is 35.3 Å². The molecule has 2 heterocycles. The molecule has 0 saturated carbocycles. The Bertz CT molecular complexity index is 2610. The standard InChI is InChI=1S/C44H60N10O21S/c45-23(40(70)51-24(10-31(63)64)26(58)8-19(16-76)43(74)75)13-49-39(69)22(34(65)35(66)28(60)14-55)9-27(59)32(37(68)36(67)29(61)15-56)52-30(62)6-3-18(42(72)73)7-25(57)17-1-4-20(5-2-17)47-11-21-12-48-38-33(50-21)41(71)54-44(46)53-38/h1-2,4-5,12,18-19,22-24,28-29,32,34-37,47,55-56,60-61,65-68,76H,3,6-11,13-16,45H2,(H,49,69)(H,51,70)(H,52,62)(H,63,64)(H,72,73)(H,74,75)(H3,46,48,53,54,71)/t18-,19-,22?,23-,24-,28+,29+,32+,34?,35+,36+,37+/m0/s1. The summed E-state index contributed by atoms with van der Waals surface area (Å²) in [6, 6.07) is -0.328. The Morgan fingerprint density at radius 2 is 1.33 bits per heavy atom. The molecule has 418 valence electrons. The van der Waals surface area contributed by atoms with Gasteiger partial charge in [-0.1, -0.05) is 0 Å². The third kappa shape index (κ3) is 18.6. The highest BCUT2D eigenvalue weighted by Gasteiger charge is 2.42. The number of aliphatic hydroxyl groups is 8. The lowest BCUT2D eigenvalue weighted by Crippen LogP contribution is -2.58. The molecule has 3 rings (SSSR count). The molecule has 12 atom stereocenters. The van der Waals surface area contributed by atoms with Gasteiger partial charge in [0.05, 0.1) is 68.0 Å². The molecular weight excluding hydrogens is 1040 g/mol. The second-order valence-electron chi connectivity index (χ2n) is 17.3. The molecule has 0 saturated heterocycles. The van der Waals surface area contributed by atoms with Gasteiger partial charge in [0.25, 0.3) is 5.56 Å². The number of anilines is 2. The number of benzene rings is 1. The van der Waals surface area contributed by atoms with E-state index in [-0.39, 0.29) is 35.0 Å². The molecule has 32 heteroatoms. The van der Waals surface area contributed by atoms with Crippen LogP contribution in [0.3, 0.4) is 0 Å². The van der Waals surface area contributed by atoms with Gasteiger partial charge in [-0.05, 0) is 30.7 Å². The van der Waals surface area contributed by atoms with Gasteiger partial charge in [-0.2, -0.15) is 17.6 Å². The number of hydrogen-bond acceptors (Lipinski definition) is 25. The van der Waals surface area contributed by atoms with E-state index in [2.05, 4.69) is 43.2 Å². The first kappa shape index (κ1) is 63.2. The Hall–Kier alpha value is -7.14. The fourth-order valence-electron chi connectivity index (χ4n) is 7.15. The average Bonchev–Trinajstić information content (AvgIpc) is 3.38. The van der Waals surface area contributed by atoms with Crippen molar-refractivity contribution in [2.45, 2.75) is 99.8 Å². The Kier molecular flexibility index (Phi) is 24.8. The third-order valence-corrected chi connectivity index (χ3v) is 12.1. The smallest absolute Gasteiger partial charge is 0.307 e. The topological polar surface area (TPSA) is 548 Å². The zero-order chi connectivity index (χ0) is 57.1. The van der Waals surface area contributed by atoms with E-state index in [9.17, 15) is 104 Å².